The predicted molar refractivity (Wildman–Crippen MR) is 68.4 cm³/mol. The summed E-state index contributed by atoms with van der Waals surface area (Å²) in [7, 11) is 1.71. The maximum absolute atomic E-state index is 5.50. The standard InChI is InChI=1S/C13H17BrO2/c1-13(5-6-16-9-13)11-3-4-12(15-2)10(7-11)8-14/h3-4,7H,5-6,8-9H2,1-2H3. The van der Waals surface area contributed by atoms with Gasteiger partial charge in [-0.1, -0.05) is 35.0 Å². The maximum Gasteiger partial charge on any atom is 0.122 e. The third-order valence-electron chi connectivity index (χ3n) is 3.34. The van der Waals surface area contributed by atoms with Crippen LogP contribution >= 0.6 is 15.9 Å². The Kier molecular flexibility index (Phi) is 3.55. The van der Waals surface area contributed by atoms with E-state index in [0.717, 1.165) is 30.7 Å². The minimum absolute atomic E-state index is 0.170. The van der Waals surface area contributed by atoms with Gasteiger partial charge in [0.2, 0.25) is 0 Å². The molecule has 88 valence electrons. The molecule has 0 N–H and O–H groups in total. The van der Waals surface area contributed by atoms with Gasteiger partial charge in [-0.15, -0.1) is 0 Å². The van der Waals surface area contributed by atoms with Crippen molar-refractivity contribution in [2.45, 2.75) is 24.1 Å². The van der Waals surface area contributed by atoms with Gasteiger partial charge in [-0.05, 0) is 18.1 Å². The zero-order valence-corrected chi connectivity index (χ0v) is 11.3. The van der Waals surface area contributed by atoms with Crippen molar-refractivity contribution in [1.82, 2.24) is 0 Å². The first-order chi connectivity index (χ1) is 7.69. The number of ether oxygens (including phenoxy) is 2. The topological polar surface area (TPSA) is 18.5 Å². The Balaban J connectivity index is 2.35. The molecule has 2 nitrogen and oxygen atoms in total. The number of methoxy groups -OCH3 is 1. The number of rotatable bonds is 3. The van der Waals surface area contributed by atoms with Crippen LogP contribution in [0.25, 0.3) is 0 Å². The van der Waals surface area contributed by atoms with E-state index < -0.39 is 0 Å². The highest BCUT2D eigenvalue weighted by Crippen LogP contribution is 2.35. The second-order valence-corrected chi connectivity index (χ2v) is 5.08. The summed E-state index contributed by atoms with van der Waals surface area (Å²) in [4.78, 5) is 0. The molecule has 0 bridgehead atoms. The van der Waals surface area contributed by atoms with Gasteiger partial charge in [0, 0.05) is 22.9 Å². The van der Waals surface area contributed by atoms with Crippen molar-refractivity contribution in [3.05, 3.63) is 29.3 Å². The van der Waals surface area contributed by atoms with E-state index in [9.17, 15) is 0 Å². The molecule has 1 heterocycles. The van der Waals surface area contributed by atoms with Crippen molar-refractivity contribution in [2.24, 2.45) is 0 Å². The van der Waals surface area contributed by atoms with E-state index in [4.69, 9.17) is 9.47 Å². The summed E-state index contributed by atoms with van der Waals surface area (Å²) in [6.45, 7) is 3.95. The highest BCUT2D eigenvalue weighted by molar-refractivity contribution is 9.08. The highest BCUT2D eigenvalue weighted by atomic mass is 79.9. The Labute approximate surface area is 105 Å². The second kappa shape index (κ2) is 4.76. The fourth-order valence-electron chi connectivity index (χ4n) is 2.15. The lowest BCUT2D eigenvalue weighted by Gasteiger charge is -2.23. The van der Waals surface area contributed by atoms with E-state index in [2.05, 4.69) is 41.1 Å². The molecule has 1 aromatic rings. The minimum atomic E-state index is 0.170. The van der Waals surface area contributed by atoms with Gasteiger partial charge in [0.15, 0.2) is 0 Å². The molecular formula is C13H17BrO2. The number of hydrogen-bond donors (Lipinski definition) is 0. The minimum Gasteiger partial charge on any atom is -0.496 e. The Morgan fingerprint density at radius 2 is 2.31 bits per heavy atom. The average Bonchev–Trinajstić information content (AvgIpc) is 2.76. The van der Waals surface area contributed by atoms with Crippen LogP contribution in [0.1, 0.15) is 24.5 Å². The fraction of sp³-hybridized carbons (Fsp3) is 0.538. The van der Waals surface area contributed by atoms with Gasteiger partial charge in [0.05, 0.1) is 13.7 Å². The lowest BCUT2D eigenvalue weighted by Crippen LogP contribution is -2.21. The monoisotopic (exact) mass is 284 g/mol. The number of halogens is 1. The lowest BCUT2D eigenvalue weighted by atomic mass is 9.81. The summed E-state index contributed by atoms with van der Waals surface area (Å²) in [6.07, 6.45) is 1.10. The molecule has 0 spiro atoms. The van der Waals surface area contributed by atoms with Crippen molar-refractivity contribution in [2.75, 3.05) is 20.3 Å². The quantitative estimate of drug-likeness (QED) is 0.794. The third-order valence-corrected chi connectivity index (χ3v) is 3.94. The largest absolute Gasteiger partial charge is 0.496 e. The van der Waals surface area contributed by atoms with Gasteiger partial charge < -0.3 is 9.47 Å². The highest BCUT2D eigenvalue weighted by Gasteiger charge is 2.31. The van der Waals surface area contributed by atoms with Crippen molar-refractivity contribution in [3.8, 4) is 5.75 Å². The molecule has 16 heavy (non-hydrogen) atoms. The first kappa shape index (κ1) is 11.9. The zero-order chi connectivity index (χ0) is 11.6. The number of alkyl halides is 1. The van der Waals surface area contributed by atoms with Crippen LogP contribution in [0.15, 0.2) is 18.2 Å². The Bertz CT molecular complexity index is 370. The van der Waals surface area contributed by atoms with Crippen LogP contribution in [0.3, 0.4) is 0 Å². The van der Waals surface area contributed by atoms with Crippen LogP contribution in [0.4, 0.5) is 0 Å². The van der Waals surface area contributed by atoms with E-state index in [1.165, 1.54) is 11.1 Å². The zero-order valence-electron chi connectivity index (χ0n) is 9.75. The first-order valence-corrected chi connectivity index (χ1v) is 6.63. The molecule has 1 aromatic carbocycles. The summed E-state index contributed by atoms with van der Waals surface area (Å²) in [6, 6.07) is 6.43. The number of benzene rings is 1. The molecule has 1 fully saturated rings. The van der Waals surface area contributed by atoms with Crippen molar-refractivity contribution in [3.63, 3.8) is 0 Å². The molecule has 3 heteroatoms. The number of hydrogen-bond acceptors (Lipinski definition) is 2. The van der Waals surface area contributed by atoms with Crippen molar-refractivity contribution >= 4 is 15.9 Å². The van der Waals surface area contributed by atoms with E-state index in [1.807, 2.05) is 0 Å². The van der Waals surface area contributed by atoms with Gasteiger partial charge in [0.25, 0.3) is 0 Å². The van der Waals surface area contributed by atoms with Crippen molar-refractivity contribution < 1.29 is 9.47 Å². The maximum atomic E-state index is 5.50. The molecule has 0 amide bonds. The normalized spacial score (nSPS) is 24.7. The molecular weight excluding hydrogens is 268 g/mol. The van der Waals surface area contributed by atoms with E-state index in [-0.39, 0.29) is 5.41 Å². The summed E-state index contributed by atoms with van der Waals surface area (Å²) >= 11 is 3.50. The predicted octanol–water partition coefficient (Wildman–Crippen LogP) is 3.27. The third kappa shape index (κ3) is 2.11. The molecule has 1 atom stereocenters. The fourth-order valence-corrected chi connectivity index (χ4v) is 2.59. The van der Waals surface area contributed by atoms with E-state index >= 15 is 0 Å². The van der Waals surface area contributed by atoms with Gasteiger partial charge >= 0.3 is 0 Å². The van der Waals surface area contributed by atoms with Crippen LogP contribution < -0.4 is 4.74 Å². The Hall–Kier alpha value is -0.540. The summed E-state index contributed by atoms with van der Waals surface area (Å²) < 4.78 is 10.8. The van der Waals surface area contributed by atoms with Crippen LogP contribution in [-0.4, -0.2) is 20.3 Å². The van der Waals surface area contributed by atoms with Gasteiger partial charge in [-0.3, -0.25) is 0 Å². The van der Waals surface area contributed by atoms with Crippen LogP contribution in [0, 0.1) is 0 Å². The lowest BCUT2D eigenvalue weighted by molar-refractivity contribution is 0.181. The van der Waals surface area contributed by atoms with Crippen molar-refractivity contribution in [1.29, 1.82) is 0 Å². The summed E-state index contributed by atoms with van der Waals surface area (Å²) in [5.41, 5.74) is 2.72. The molecule has 0 aliphatic carbocycles. The van der Waals surface area contributed by atoms with E-state index in [1.54, 1.807) is 7.11 Å². The molecule has 1 aliphatic heterocycles. The second-order valence-electron chi connectivity index (χ2n) is 4.52. The van der Waals surface area contributed by atoms with E-state index in [0.29, 0.717) is 0 Å². The Morgan fingerprint density at radius 1 is 1.50 bits per heavy atom. The molecule has 1 unspecified atom stereocenters. The molecule has 0 radical (unpaired) electrons. The molecule has 1 aliphatic rings. The molecule has 2 rings (SSSR count). The SMILES string of the molecule is COc1ccc(C2(C)CCOC2)cc1CBr. The molecule has 1 saturated heterocycles. The summed E-state index contributed by atoms with van der Waals surface area (Å²) in [5, 5.41) is 0.820. The van der Waals surface area contributed by atoms with Gasteiger partial charge in [-0.25, -0.2) is 0 Å². The van der Waals surface area contributed by atoms with Crippen LogP contribution in [-0.2, 0) is 15.5 Å². The van der Waals surface area contributed by atoms with Gasteiger partial charge in [0.1, 0.15) is 5.75 Å². The summed E-state index contributed by atoms with van der Waals surface area (Å²) in [5.74, 6) is 0.947. The molecule has 0 saturated carbocycles. The first-order valence-electron chi connectivity index (χ1n) is 5.51. The van der Waals surface area contributed by atoms with Gasteiger partial charge in [-0.2, -0.15) is 0 Å². The average molecular weight is 285 g/mol. The van der Waals surface area contributed by atoms with Crippen LogP contribution in [0.5, 0.6) is 5.75 Å². The smallest absolute Gasteiger partial charge is 0.122 e. The van der Waals surface area contributed by atoms with Crippen LogP contribution in [0.2, 0.25) is 0 Å². The Morgan fingerprint density at radius 3 is 2.88 bits per heavy atom. The molecule has 0 aromatic heterocycles.